The maximum atomic E-state index is 12.2. The van der Waals surface area contributed by atoms with Gasteiger partial charge in [0.1, 0.15) is 5.69 Å². The van der Waals surface area contributed by atoms with Gasteiger partial charge in [0, 0.05) is 21.2 Å². The van der Waals surface area contributed by atoms with Gasteiger partial charge in [-0.25, -0.2) is 5.43 Å². The molecule has 5 nitrogen and oxygen atoms in total. The van der Waals surface area contributed by atoms with E-state index in [0.29, 0.717) is 36.9 Å². The minimum atomic E-state index is -0.463. The van der Waals surface area contributed by atoms with Crippen LogP contribution in [0.25, 0.3) is 11.3 Å². The number of halogens is 4. The van der Waals surface area contributed by atoms with E-state index >= 15 is 0 Å². The van der Waals surface area contributed by atoms with Gasteiger partial charge in [-0.05, 0) is 36.4 Å². The molecule has 1 amide bonds. The molecule has 0 fully saturated rings. The maximum absolute atomic E-state index is 12.2. The van der Waals surface area contributed by atoms with Crippen LogP contribution in [0.2, 0.25) is 20.1 Å². The quantitative estimate of drug-likeness (QED) is 0.429. The summed E-state index contributed by atoms with van der Waals surface area (Å²) in [5.41, 5.74) is 4.41. The fourth-order valence-corrected chi connectivity index (χ4v) is 3.06. The van der Waals surface area contributed by atoms with Gasteiger partial charge in [-0.1, -0.05) is 52.5 Å². The van der Waals surface area contributed by atoms with Gasteiger partial charge < -0.3 is 0 Å². The van der Waals surface area contributed by atoms with Crippen LogP contribution in [0.4, 0.5) is 0 Å². The second-order valence-corrected chi connectivity index (χ2v) is 6.84. The first kappa shape index (κ1) is 18.7. The average Bonchev–Trinajstić information content (AvgIpc) is 3.06. The molecule has 0 aliphatic carbocycles. The van der Waals surface area contributed by atoms with Crippen molar-refractivity contribution in [2.75, 3.05) is 0 Å². The highest BCUT2D eigenvalue weighted by atomic mass is 35.5. The first-order chi connectivity index (χ1) is 12.4. The highest BCUT2D eigenvalue weighted by molar-refractivity contribution is 6.36. The van der Waals surface area contributed by atoms with E-state index < -0.39 is 5.91 Å². The number of rotatable bonds is 4. The average molecular weight is 428 g/mol. The van der Waals surface area contributed by atoms with Crippen LogP contribution in [0.5, 0.6) is 0 Å². The highest BCUT2D eigenvalue weighted by Gasteiger charge is 2.12. The largest absolute Gasteiger partial charge is 0.289 e. The Morgan fingerprint density at radius 1 is 1.00 bits per heavy atom. The zero-order valence-corrected chi connectivity index (χ0v) is 16.0. The SMILES string of the molecule is O=C(N/N=C\c1ccc(Cl)cc1Cl)c1cc(-c2ccc(Cl)cc2Cl)n[nH]1. The normalized spacial score (nSPS) is 11.1. The topological polar surface area (TPSA) is 70.1 Å². The van der Waals surface area contributed by atoms with Crippen molar-refractivity contribution in [3.05, 3.63) is 73.8 Å². The van der Waals surface area contributed by atoms with Crippen molar-refractivity contribution in [3.8, 4) is 11.3 Å². The third-order valence-electron chi connectivity index (χ3n) is 3.36. The summed E-state index contributed by atoms with van der Waals surface area (Å²) in [5.74, 6) is -0.463. The minimum Gasteiger partial charge on any atom is -0.272 e. The molecule has 26 heavy (non-hydrogen) atoms. The second-order valence-electron chi connectivity index (χ2n) is 5.16. The molecule has 0 spiro atoms. The molecule has 1 aromatic heterocycles. The van der Waals surface area contributed by atoms with Gasteiger partial charge in [0.15, 0.2) is 0 Å². The van der Waals surface area contributed by atoms with Crippen molar-refractivity contribution in [1.82, 2.24) is 15.6 Å². The van der Waals surface area contributed by atoms with Crippen molar-refractivity contribution < 1.29 is 4.79 Å². The smallest absolute Gasteiger partial charge is 0.272 e. The summed E-state index contributed by atoms with van der Waals surface area (Å²) in [6, 6.07) is 11.5. The molecule has 2 aromatic carbocycles. The Bertz CT molecular complexity index is 1000. The fraction of sp³-hybridized carbons (Fsp3) is 0. The minimum absolute atomic E-state index is 0.227. The van der Waals surface area contributed by atoms with Gasteiger partial charge in [-0.15, -0.1) is 0 Å². The Morgan fingerprint density at radius 3 is 2.38 bits per heavy atom. The lowest BCUT2D eigenvalue weighted by atomic mass is 10.1. The number of carbonyl (C=O) groups excluding carboxylic acids is 1. The maximum Gasteiger partial charge on any atom is 0.289 e. The van der Waals surface area contributed by atoms with Crippen LogP contribution in [0, 0.1) is 0 Å². The van der Waals surface area contributed by atoms with E-state index in [4.69, 9.17) is 46.4 Å². The van der Waals surface area contributed by atoms with Crippen LogP contribution in [-0.2, 0) is 0 Å². The Hall–Kier alpha value is -2.05. The van der Waals surface area contributed by atoms with Crippen LogP contribution in [0.1, 0.15) is 16.1 Å². The number of hydrogen-bond donors (Lipinski definition) is 2. The first-order valence-electron chi connectivity index (χ1n) is 7.23. The van der Waals surface area contributed by atoms with Crippen LogP contribution in [-0.4, -0.2) is 22.3 Å². The standard InChI is InChI=1S/C17H10Cl4N4O/c18-10-2-1-9(13(20)5-10)8-22-25-17(26)16-7-15(23-24-16)12-4-3-11(19)6-14(12)21/h1-8H,(H,23,24)(H,25,26)/b22-8-. The lowest BCUT2D eigenvalue weighted by molar-refractivity contribution is 0.0950. The zero-order valence-electron chi connectivity index (χ0n) is 12.9. The molecule has 0 unspecified atom stereocenters. The van der Waals surface area contributed by atoms with E-state index in [2.05, 4.69) is 20.7 Å². The molecule has 0 atom stereocenters. The van der Waals surface area contributed by atoms with Crippen molar-refractivity contribution in [2.45, 2.75) is 0 Å². The summed E-state index contributed by atoms with van der Waals surface area (Å²) >= 11 is 23.9. The van der Waals surface area contributed by atoms with Crippen molar-refractivity contribution in [2.24, 2.45) is 5.10 Å². The van der Waals surface area contributed by atoms with Crippen molar-refractivity contribution >= 4 is 58.5 Å². The molecule has 0 radical (unpaired) electrons. The summed E-state index contributed by atoms with van der Waals surface area (Å²) in [4.78, 5) is 12.2. The van der Waals surface area contributed by atoms with E-state index in [1.807, 2.05) is 0 Å². The Kier molecular flexibility index (Phi) is 5.84. The van der Waals surface area contributed by atoms with Gasteiger partial charge in [-0.2, -0.15) is 10.2 Å². The van der Waals surface area contributed by atoms with Gasteiger partial charge >= 0.3 is 0 Å². The zero-order chi connectivity index (χ0) is 18.7. The van der Waals surface area contributed by atoms with Crippen LogP contribution >= 0.6 is 46.4 Å². The molecule has 0 saturated carbocycles. The van der Waals surface area contributed by atoms with Gasteiger partial charge in [-0.3, -0.25) is 9.89 Å². The number of hydrogen-bond acceptors (Lipinski definition) is 3. The summed E-state index contributed by atoms with van der Waals surface area (Å²) < 4.78 is 0. The molecule has 3 rings (SSSR count). The van der Waals surface area contributed by atoms with Gasteiger partial charge in [0.25, 0.3) is 5.91 Å². The van der Waals surface area contributed by atoms with E-state index in [9.17, 15) is 4.79 Å². The molecular formula is C17H10Cl4N4O. The van der Waals surface area contributed by atoms with Crippen molar-refractivity contribution in [1.29, 1.82) is 0 Å². The molecule has 0 aliphatic rings. The van der Waals surface area contributed by atoms with E-state index in [1.54, 1.807) is 42.5 Å². The fourth-order valence-electron chi connectivity index (χ4n) is 2.10. The van der Waals surface area contributed by atoms with Crippen molar-refractivity contribution in [3.63, 3.8) is 0 Å². The second kappa shape index (κ2) is 8.10. The Morgan fingerprint density at radius 2 is 1.69 bits per heavy atom. The predicted octanol–water partition coefficient (Wildman–Crippen LogP) is 5.45. The number of amides is 1. The number of carbonyl (C=O) groups is 1. The summed E-state index contributed by atoms with van der Waals surface area (Å²) in [5, 5.41) is 12.5. The monoisotopic (exact) mass is 426 g/mol. The molecule has 0 aliphatic heterocycles. The van der Waals surface area contributed by atoms with Crippen LogP contribution in [0.3, 0.4) is 0 Å². The van der Waals surface area contributed by atoms with Gasteiger partial charge in [0.2, 0.25) is 0 Å². The van der Waals surface area contributed by atoms with E-state index in [0.717, 1.165) is 0 Å². The number of nitrogens with zero attached hydrogens (tertiary/aromatic N) is 2. The number of H-pyrrole nitrogens is 1. The molecular weight excluding hydrogens is 418 g/mol. The molecule has 2 N–H and O–H groups in total. The first-order valence-corrected chi connectivity index (χ1v) is 8.74. The lowest BCUT2D eigenvalue weighted by Crippen LogP contribution is -2.18. The summed E-state index contributed by atoms with van der Waals surface area (Å²) in [6.45, 7) is 0. The molecule has 0 saturated heterocycles. The Labute approximate surface area is 168 Å². The highest BCUT2D eigenvalue weighted by Crippen LogP contribution is 2.29. The molecule has 1 heterocycles. The Balaban J connectivity index is 1.71. The third-order valence-corrected chi connectivity index (χ3v) is 4.47. The number of hydrazone groups is 1. The molecule has 0 bridgehead atoms. The predicted molar refractivity (Wildman–Crippen MR) is 106 cm³/mol. The molecule has 9 heteroatoms. The number of aromatic nitrogens is 2. The number of nitrogens with one attached hydrogen (secondary N) is 2. The number of benzene rings is 2. The van der Waals surface area contributed by atoms with E-state index in [-0.39, 0.29) is 5.69 Å². The van der Waals surface area contributed by atoms with Crippen LogP contribution < -0.4 is 5.43 Å². The van der Waals surface area contributed by atoms with E-state index in [1.165, 1.54) is 6.21 Å². The molecule has 132 valence electrons. The van der Waals surface area contributed by atoms with Gasteiger partial charge in [0.05, 0.1) is 22.0 Å². The third kappa shape index (κ3) is 4.37. The molecule has 3 aromatic rings. The summed E-state index contributed by atoms with van der Waals surface area (Å²) in [7, 11) is 0. The lowest BCUT2D eigenvalue weighted by Gasteiger charge is -2.00. The number of aromatic amines is 1. The van der Waals surface area contributed by atoms with Crippen LogP contribution in [0.15, 0.2) is 47.6 Å². The summed E-state index contributed by atoms with van der Waals surface area (Å²) in [6.07, 6.45) is 1.42.